The molecule has 126 valence electrons. The second-order valence-electron chi connectivity index (χ2n) is 6.44. The topological polar surface area (TPSA) is 78.7 Å². The zero-order chi connectivity index (χ0) is 16.9. The number of primary amides is 1. The third-order valence-corrected chi connectivity index (χ3v) is 4.11. The van der Waals surface area contributed by atoms with Crippen LogP contribution in [0.1, 0.15) is 41.0 Å². The Morgan fingerprint density at radius 3 is 2.27 bits per heavy atom. The van der Waals surface area contributed by atoms with Crippen molar-refractivity contribution in [2.75, 3.05) is 19.6 Å². The fraction of sp³-hybridized carbons (Fsp3) is 0.750. The van der Waals surface area contributed by atoms with E-state index in [9.17, 15) is 9.59 Å². The number of carbonyl (C=O) groups excluding carboxylic acids is 2. The minimum Gasteiger partial charge on any atom is -0.368 e. The first-order valence-electron chi connectivity index (χ1n) is 8.01. The molecular formula is C16H30N4O2. The normalized spacial score (nSPS) is 17.3. The van der Waals surface area contributed by atoms with Crippen LogP contribution in [0.2, 0.25) is 0 Å². The van der Waals surface area contributed by atoms with Crippen LogP contribution in [0, 0.1) is 0 Å². The van der Waals surface area contributed by atoms with Crippen molar-refractivity contribution < 1.29 is 9.59 Å². The molecule has 0 aromatic rings. The Labute approximate surface area is 133 Å². The molecule has 0 spiro atoms. The zero-order valence-corrected chi connectivity index (χ0v) is 14.4. The number of urea groups is 1. The van der Waals surface area contributed by atoms with Gasteiger partial charge in [0.1, 0.15) is 0 Å². The number of amides is 3. The summed E-state index contributed by atoms with van der Waals surface area (Å²) >= 11 is 0. The monoisotopic (exact) mass is 310 g/mol. The van der Waals surface area contributed by atoms with Gasteiger partial charge in [0.15, 0.2) is 0 Å². The van der Waals surface area contributed by atoms with Crippen molar-refractivity contribution in [1.82, 2.24) is 15.1 Å². The molecular weight excluding hydrogens is 280 g/mol. The molecule has 1 heterocycles. The lowest BCUT2D eigenvalue weighted by molar-refractivity contribution is -0.122. The number of rotatable bonds is 6. The first-order valence-corrected chi connectivity index (χ1v) is 8.01. The SMILES string of the molecule is CC(C(N)=O)N1CC=C(CNC(=O)N(C(C)C)C(C)C)CC1. The molecule has 6 nitrogen and oxygen atoms in total. The molecule has 0 aliphatic carbocycles. The molecule has 1 rings (SSSR count). The smallest absolute Gasteiger partial charge is 0.318 e. The Hall–Kier alpha value is -1.56. The third kappa shape index (κ3) is 5.02. The summed E-state index contributed by atoms with van der Waals surface area (Å²) in [7, 11) is 0. The van der Waals surface area contributed by atoms with Crippen molar-refractivity contribution >= 4 is 11.9 Å². The highest BCUT2D eigenvalue weighted by molar-refractivity contribution is 5.79. The van der Waals surface area contributed by atoms with Crippen LogP contribution in [0.5, 0.6) is 0 Å². The Balaban J connectivity index is 2.49. The maximum atomic E-state index is 12.2. The zero-order valence-electron chi connectivity index (χ0n) is 14.4. The summed E-state index contributed by atoms with van der Waals surface area (Å²) in [6, 6.07) is 0.0723. The molecule has 3 N–H and O–H groups in total. The van der Waals surface area contributed by atoms with Gasteiger partial charge in [-0.25, -0.2) is 4.79 Å². The van der Waals surface area contributed by atoms with Crippen LogP contribution in [0.15, 0.2) is 11.6 Å². The maximum Gasteiger partial charge on any atom is 0.318 e. The average molecular weight is 310 g/mol. The summed E-state index contributed by atoms with van der Waals surface area (Å²) in [6.45, 7) is 12.0. The van der Waals surface area contributed by atoms with E-state index in [1.807, 2.05) is 44.4 Å². The summed E-state index contributed by atoms with van der Waals surface area (Å²) in [5.74, 6) is -0.297. The van der Waals surface area contributed by atoms with E-state index in [-0.39, 0.29) is 30.1 Å². The summed E-state index contributed by atoms with van der Waals surface area (Å²) < 4.78 is 0. The third-order valence-electron chi connectivity index (χ3n) is 4.11. The fourth-order valence-corrected chi connectivity index (χ4v) is 2.76. The predicted molar refractivity (Wildman–Crippen MR) is 88.4 cm³/mol. The fourth-order valence-electron chi connectivity index (χ4n) is 2.76. The van der Waals surface area contributed by atoms with Gasteiger partial charge in [-0.2, -0.15) is 0 Å². The number of nitrogens with two attached hydrogens (primary N) is 1. The molecule has 0 aromatic heterocycles. The largest absolute Gasteiger partial charge is 0.368 e. The van der Waals surface area contributed by atoms with Gasteiger partial charge in [-0.05, 0) is 41.0 Å². The molecule has 6 heteroatoms. The average Bonchev–Trinajstić information content (AvgIpc) is 2.44. The van der Waals surface area contributed by atoms with E-state index < -0.39 is 0 Å². The van der Waals surface area contributed by atoms with Gasteiger partial charge in [0.25, 0.3) is 0 Å². The van der Waals surface area contributed by atoms with Gasteiger partial charge >= 0.3 is 6.03 Å². The first-order chi connectivity index (χ1) is 10.2. The minimum absolute atomic E-state index is 0.0289. The lowest BCUT2D eigenvalue weighted by Gasteiger charge is -2.32. The number of carbonyl (C=O) groups is 2. The van der Waals surface area contributed by atoms with Gasteiger partial charge in [0.05, 0.1) is 6.04 Å². The molecule has 3 amide bonds. The molecule has 0 radical (unpaired) electrons. The van der Waals surface area contributed by atoms with Crippen molar-refractivity contribution in [2.45, 2.75) is 59.2 Å². The summed E-state index contributed by atoms with van der Waals surface area (Å²) in [4.78, 5) is 27.3. The minimum atomic E-state index is -0.297. The maximum absolute atomic E-state index is 12.2. The molecule has 1 aliphatic heterocycles. The van der Waals surface area contributed by atoms with E-state index in [1.54, 1.807) is 0 Å². The molecule has 1 atom stereocenters. The quantitative estimate of drug-likeness (QED) is 0.726. The van der Waals surface area contributed by atoms with Gasteiger partial charge < -0.3 is 16.0 Å². The summed E-state index contributed by atoms with van der Waals surface area (Å²) in [5.41, 5.74) is 6.53. The van der Waals surface area contributed by atoms with E-state index in [0.717, 1.165) is 13.0 Å². The summed E-state index contributed by atoms with van der Waals surface area (Å²) in [5, 5.41) is 2.99. The molecule has 0 saturated carbocycles. The van der Waals surface area contributed by atoms with Crippen molar-refractivity contribution in [3.05, 3.63) is 11.6 Å². The molecule has 0 fully saturated rings. The second kappa shape index (κ2) is 8.17. The van der Waals surface area contributed by atoms with Crippen LogP contribution < -0.4 is 11.1 Å². The van der Waals surface area contributed by atoms with E-state index in [0.29, 0.717) is 13.1 Å². The molecule has 0 bridgehead atoms. The van der Waals surface area contributed by atoms with Crippen LogP contribution in [-0.2, 0) is 4.79 Å². The highest BCUT2D eigenvalue weighted by Gasteiger charge is 2.22. The van der Waals surface area contributed by atoms with Crippen LogP contribution >= 0.6 is 0 Å². The van der Waals surface area contributed by atoms with E-state index in [1.165, 1.54) is 5.57 Å². The van der Waals surface area contributed by atoms with E-state index in [2.05, 4.69) is 11.4 Å². The molecule has 22 heavy (non-hydrogen) atoms. The lowest BCUT2D eigenvalue weighted by Crippen LogP contribution is -2.49. The van der Waals surface area contributed by atoms with Crippen molar-refractivity contribution in [2.24, 2.45) is 5.73 Å². The van der Waals surface area contributed by atoms with Gasteiger partial charge in [-0.3, -0.25) is 9.69 Å². The highest BCUT2D eigenvalue weighted by atomic mass is 16.2. The number of nitrogens with one attached hydrogen (secondary N) is 1. The number of nitrogens with zero attached hydrogens (tertiary/aromatic N) is 2. The van der Waals surface area contributed by atoms with Crippen LogP contribution in [0.3, 0.4) is 0 Å². The van der Waals surface area contributed by atoms with Crippen molar-refractivity contribution in [3.63, 3.8) is 0 Å². The Morgan fingerprint density at radius 1 is 1.27 bits per heavy atom. The molecule has 1 aliphatic rings. The first kappa shape index (κ1) is 18.5. The van der Waals surface area contributed by atoms with Gasteiger partial charge in [0, 0.05) is 31.7 Å². The van der Waals surface area contributed by atoms with Gasteiger partial charge in [-0.1, -0.05) is 11.6 Å². The van der Waals surface area contributed by atoms with E-state index >= 15 is 0 Å². The number of hydrogen-bond acceptors (Lipinski definition) is 3. The molecule has 0 saturated heterocycles. The van der Waals surface area contributed by atoms with Gasteiger partial charge in [-0.15, -0.1) is 0 Å². The Morgan fingerprint density at radius 2 is 1.86 bits per heavy atom. The second-order valence-corrected chi connectivity index (χ2v) is 6.44. The highest BCUT2D eigenvalue weighted by Crippen LogP contribution is 2.13. The van der Waals surface area contributed by atoms with Crippen LogP contribution in [0.25, 0.3) is 0 Å². The molecule has 1 unspecified atom stereocenters. The lowest BCUT2D eigenvalue weighted by atomic mass is 10.1. The Bertz CT molecular complexity index is 424. The van der Waals surface area contributed by atoms with Crippen molar-refractivity contribution in [3.8, 4) is 0 Å². The molecule has 0 aromatic carbocycles. The van der Waals surface area contributed by atoms with Crippen molar-refractivity contribution in [1.29, 1.82) is 0 Å². The summed E-state index contributed by atoms with van der Waals surface area (Å²) in [6.07, 6.45) is 2.93. The van der Waals surface area contributed by atoms with Crippen LogP contribution in [-0.4, -0.2) is 59.5 Å². The standard InChI is InChI=1S/C16H30N4O2/c1-11(2)20(12(3)4)16(22)18-10-14-6-8-19(9-7-14)13(5)15(17)21/h6,11-13H,7-10H2,1-5H3,(H2,17,21)(H,18,22). The van der Waals surface area contributed by atoms with Gasteiger partial charge in [0.2, 0.25) is 5.91 Å². The Kier molecular flexibility index (Phi) is 6.87. The number of hydrogen-bond donors (Lipinski definition) is 2. The van der Waals surface area contributed by atoms with Crippen LogP contribution in [0.4, 0.5) is 4.79 Å². The van der Waals surface area contributed by atoms with E-state index in [4.69, 9.17) is 5.73 Å². The predicted octanol–water partition coefficient (Wildman–Crippen LogP) is 1.32.